The number of thioether (sulfide) groups is 1. The summed E-state index contributed by atoms with van der Waals surface area (Å²) in [6.07, 6.45) is 9.19. The van der Waals surface area contributed by atoms with Crippen molar-refractivity contribution in [1.82, 2.24) is 4.98 Å². The van der Waals surface area contributed by atoms with Crippen LogP contribution in [-0.2, 0) is 6.42 Å². The number of methoxy groups -OCH3 is 2. The monoisotopic (exact) mass is 481 g/mol. The van der Waals surface area contributed by atoms with E-state index in [2.05, 4.69) is 42.2 Å². The summed E-state index contributed by atoms with van der Waals surface area (Å²) < 4.78 is 10.9. The summed E-state index contributed by atoms with van der Waals surface area (Å²) in [7, 11) is 3.35. The van der Waals surface area contributed by atoms with E-state index in [1.807, 2.05) is 30.1 Å². The van der Waals surface area contributed by atoms with Gasteiger partial charge in [0.2, 0.25) is 0 Å². The van der Waals surface area contributed by atoms with Gasteiger partial charge in [-0.1, -0.05) is 37.0 Å². The molecule has 0 amide bonds. The SMILES string of the molecule is COc1cc2ccnc(CCCCCCCSc3ccc(C)cc3)c2cc1OC.Cl.Cl. The van der Waals surface area contributed by atoms with Gasteiger partial charge in [0.25, 0.3) is 0 Å². The molecule has 0 aliphatic carbocycles. The van der Waals surface area contributed by atoms with Gasteiger partial charge in [0.05, 0.1) is 14.2 Å². The third-order valence-corrected chi connectivity index (χ3v) is 6.30. The quantitative estimate of drug-likeness (QED) is 0.207. The van der Waals surface area contributed by atoms with Crippen molar-refractivity contribution in [3.05, 3.63) is 59.9 Å². The zero-order valence-corrected chi connectivity index (χ0v) is 21.0. The Morgan fingerprint density at radius 2 is 1.45 bits per heavy atom. The minimum atomic E-state index is 0. The van der Waals surface area contributed by atoms with Gasteiger partial charge in [0.15, 0.2) is 11.5 Å². The topological polar surface area (TPSA) is 31.4 Å². The molecular formula is C25H33Cl2NO2S. The van der Waals surface area contributed by atoms with Crippen LogP contribution in [0.2, 0.25) is 0 Å². The maximum Gasteiger partial charge on any atom is 0.161 e. The van der Waals surface area contributed by atoms with Gasteiger partial charge in [0, 0.05) is 22.2 Å². The van der Waals surface area contributed by atoms with Crippen molar-refractivity contribution in [2.45, 2.75) is 50.3 Å². The lowest BCUT2D eigenvalue weighted by molar-refractivity contribution is 0.356. The largest absolute Gasteiger partial charge is 0.493 e. The standard InChI is InChI=1S/C25H31NO2S.2ClH/c1-19-10-12-21(13-11-19)29-16-8-6-4-5-7-9-23-22-18-25(28-3)24(27-2)17-20(22)14-15-26-23;;/h10-15,17-18H,4-9,16H2,1-3H3;2*1H. The average molecular weight is 483 g/mol. The zero-order chi connectivity index (χ0) is 20.5. The van der Waals surface area contributed by atoms with E-state index in [9.17, 15) is 0 Å². The molecule has 3 aromatic rings. The molecule has 0 unspecified atom stereocenters. The number of benzene rings is 2. The first-order valence-electron chi connectivity index (χ1n) is 10.4. The normalized spacial score (nSPS) is 10.3. The Balaban J connectivity index is 0.00000240. The Hall–Kier alpha value is -1.62. The van der Waals surface area contributed by atoms with Crippen molar-refractivity contribution >= 4 is 47.3 Å². The summed E-state index contributed by atoms with van der Waals surface area (Å²) in [5.41, 5.74) is 2.48. The lowest BCUT2D eigenvalue weighted by Crippen LogP contribution is -1.95. The molecule has 0 radical (unpaired) electrons. The number of halogens is 2. The smallest absolute Gasteiger partial charge is 0.161 e. The highest BCUT2D eigenvalue weighted by Crippen LogP contribution is 2.33. The number of ether oxygens (including phenoxy) is 2. The molecule has 31 heavy (non-hydrogen) atoms. The van der Waals surface area contributed by atoms with Crippen LogP contribution in [0, 0.1) is 6.92 Å². The second-order valence-corrected chi connectivity index (χ2v) is 8.53. The Morgan fingerprint density at radius 1 is 0.806 bits per heavy atom. The molecule has 1 heterocycles. The van der Waals surface area contributed by atoms with Gasteiger partial charge in [-0.25, -0.2) is 0 Å². The van der Waals surface area contributed by atoms with E-state index in [0.29, 0.717) is 0 Å². The van der Waals surface area contributed by atoms with Crippen LogP contribution >= 0.6 is 36.6 Å². The lowest BCUT2D eigenvalue weighted by Gasteiger charge is -2.11. The van der Waals surface area contributed by atoms with Crippen LogP contribution in [0.1, 0.15) is 43.4 Å². The van der Waals surface area contributed by atoms with Crippen molar-refractivity contribution < 1.29 is 9.47 Å². The molecule has 0 spiro atoms. The van der Waals surface area contributed by atoms with Crippen LogP contribution in [0.25, 0.3) is 10.8 Å². The first kappa shape index (κ1) is 27.4. The van der Waals surface area contributed by atoms with E-state index in [4.69, 9.17) is 9.47 Å². The third kappa shape index (κ3) is 8.10. The van der Waals surface area contributed by atoms with Crippen LogP contribution in [0.15, 0.2) is 53.6 Å². The fraction of sp³-hybridized carbons (Fsp3) is 0.400. The van der Waals surface area contributed by atoms with Crippen molar-refractivity contribution in [3.8, 4) is 11.5 Å². The second kappa shape index (κ2) is 14.4. The minimum absolute atomic E-state index is 0. The second-order valence-electron chi connectivity index (χ2n) is 7.37. The molecule has 0 fully saturated rings. The highest BCUT2D eigenvalue weighted by atomic mass is 35.5. The number of fused-ring (bicyclic) bond motifs is 1. The average Bonchev–Trinajstić information content (AvgIpc) is 2.75. The number of hydrogen-bond acceptors (Lipinski definition) is 4. The predicted molar refractivity (Wildman–Crippen MR) is 138 cm³/mol. The fourth-order valence-corrected chi connectivity index (χ4v) is 4.42. The number of nitrogens with zero attached hydrogens (tertiary/aromatic N) is 1. The molecule has 170 valence electrons. The van der Waals surface area contributed by atoms with E-state index in [1.54, 1.807) is 14.2 Å². The molecule has 0 saturated carbocycles. The van der Waals surface area contributed by atoms with Gasteiger partial charge < -0.3 is 9.47 Å². The summed E-state index contributed by atoms with van der Waals surface area (Å²) in [5.74, 6) is 2.73. The van der Waals surface area contributed by atoms with Crippen molar-refractivity contribution in [3.63, 3.8) is 0 Å². The highest BCUT2D eigenvalue weighted by molar-refractivity contribution is 7.99. The molecule has 0 bridgehead atoms. The van der Waals surface area contributed by atoms with Gasteiger partial charge >= 0.3 is 0 Å². The van der Waals surface area contributed by atoms with Crippen LogP contribution in [0.3, 0.4) is 0 Å². The number of pyridine rings is 1. The third-order valence-electron chi connectivity index (χ3n) is 5.20. The summed E-state index contributed by atoms with van der Waals surface area (Å²) in [6.45, 7) is 2.13. The van der Waals surface area contributed by atoms with E-state index >= 15 is 0 Å². The number of unbranched alkanes of at least 4 members (excludes halogenated alkanes) is 4. The lowest BCUT2D eigenvalue weighted by atomic mass is 10.0. The van der Waals surface area contributed by atoms with Crippen molar-refractivity contribution in [2.75, 3.05) is 20.0 Å². The van der Waals surface area contributed by atoms with E-state index in [-0.39, 0.29) is 24.8 Å². The predicted octanol–water partition coefficient (Wildman–Crippen LogP) is 7.69. The van der Waals surface area contributed by atoms with E-state index in [0.717, 1.165) is 29.0 Å². The molecule has 0 N–H and O–H groups in total. The minimum Gasteiger partial charge on any atom is -0.493 e. The summed E-state index contributed by atoms with van der Waals surface area (Å²) in [5, 5.41) is 2.32. The number of rotatable bonds is 11. The van der Waals surface area contributed by atoms with Gasteiger partial charge in [-0.3, -0.25) is 4.98 Å². The molecule has 3 rings (SSSR count). The van der Waals surface area contributed by atoms with Gasteiger partial charge in [-0.2, -0.15) is 0 Å². The maximum absolute atomic E-state index is 5.46. The zero-order valence-electron chi connectivity index (χ0n) is 18.6. The summed E-state index contributed by atoms with van der Waals surface area (Å²) in [4.78, 5) is 6.00. The number of hydrogen-bond donors (Lipinski definition) is 0. The van der Waals surface area contributed by atoms with Gasteiger partial charge in [-0.15, -0.1) is 36.6 Å². The molecule has 0 saturated heterocycles. The molecule has 0 aliphatic heterocycles. The first-order valence-corrected chi connectivity index (χ1v) is 11.4. The van der Waals surface area contributed by atoms with Crippen LogP contribution < -0.4 is 9.47 Å². The molecule has 0 aliphatic rings. The van der Waals surface area contributed by atoms with Crippen LogP contribution in [-0.4, -0.2) is 25.0 Å². The van der Waals surface area contributed by atoms with Crippen molar-refractivity contribution in [1.29, 1.82) is 0 Å². The van der Waals surface area contributed by atoms with Crippen LogP contribution in [0.5, 0.6) is 11.5 Å². The molecule has 2 aromatic carbocycles. The summed E-state index contributed by atoms with van der Waals surface area (Å²) in [6, 6.07) is 14.9. The van der Waals surface area contributed by atoms with Crippen LogP contribution in [0.4, 0.5) is 0 Å². The molecule has 6 heteroatoms. The Labute approximate surface area is 203 Å². The fourth-order valence-electron chi connectivity index (χ4n) is 3.51. The van der Waals surface area contributed by atoms with E-state index < -0.39 is 0 Å². The Morgan fingerprint density at radius 3 is 2.16 bits per heavy atom. The molecule has 3 nitrogen and oxygen atoms in total. The molecular weight excluding hydrogens is 449 g/mol. The number of aryl methyl sites for hydroxylation is 2. The Kier molecular flexibility index (Phi) is 12.8. The Bertz CT molecular complexity index is 919. The molecule has 0 atom stereocenters. The maximum atomic E-state index is 5.46. The highest BCUT2D eigenvalue weighted by Gasteiger charge is 2.09. The van der Waals surface area contributed by atoms with E-state index in [1.165, 1.54) is 53.7 Å². The first-order chi connectivity index (χ1) is 14.2. The van der Waals surface area contributed by atoms with Gasteiger partial charge in [0.1, 0.15) is 0 Å². The molecule has 1 aromatic heterocycles. The van der Waals surface area contributed by atoms with Gasteiger partial charge in [-0.05, 0) is 67.7 Å². The van der Waals surface area contributed by atoms with Crippen molar-refractivity contribution in [2.24, 2.45) is 0 Å². The number of aromatic nitrogens is 1. The summed E-state index contributed by atoms with van der Waals surface area (Å²) >= 11 is 1.97.